The minimum absolute atomic E-state index is 0.296. The molecule has 0 bridgehead atoms. The molecule has 3 aliphatic rings. The maximum absolute atomic E-state index is 13.2. The Labute approximate surface area is 183 Å². The molecule has 0 spiro atoms. The van der Waals surface area contributed by atoms with Gasteiger partial charge in [-0.1, -0.05) is 0 Å². The maximum Gasteiger partial charge on any atom is 0.293 e. The van der Waals surface area contributed by atoms with Gasteiger partial charge in [0.05, 0.1) is 16.8 Å². The summed E-state index contributed by atoms with van der Waals surface area (Å²) in [6, 6.07) is 5.47. The number of amides is 2. The van der Waals surface area contributed by atoms with Gasteiger partial charge in [-0.25, -0.2) is 4.39 Å². The zero-order valence-electron chi connectivity index (χ0n) is 17.5. The highest BCUT2D eigenvalue weighted by Crippen LogP contribution is 2.41. The second-order valence-electron chi connectivity index (χ2n) is 8.33. The van der Waals surface area contributed by atoms with Gasteiger partial charge in [0.25, 0.3) is 17.6 Å². The van der Waals surface area contributed by atoms with Gasteiger partial charge in [-0.15, -0.1) is 0 Å². The van der Waals surface area contributed by atoms with E-state index in [9.17, 15) is 18.8 Å². The van der Waals surface area contributed by atoms with Crippen molar-refractivity contribution in [3.63, 3.8) is 0 Å². The van der Waals surface area contributed by atoms with Crippen molar-refractivity contribution in [3.8, 4) is 0 Å². The standard InChI is InChI=1S/C22H23FN6O3/c1-12-17(19(30)21(32)26-22(8-9-22)16-11-24-28-27-16)15-3-2-10-29(15)18(12)20(31)25-14-6-4-13(23)5-7-14/h4-7,11,24,27-28H,2-3,8-10H2,1H3,(H,25,31)(H,26,32). The zero-order valence-corrected chi connectivity index (χ0v) is 17.5. The lowest BCUT2D eigenvalue weighted by molar-refractivity contribution is -0.117. The van der Waals surface area contributed by atoms with Crippen LogP contribution < -0.4 is 27.0 Å². The zero-order chi connectivity index (χ0) is 22.5. The van der Waals surface area contributed by atoms with Crippen molar-refractivity contribution < 1.29 is 18.8 Å². The van der Waals surface area contributed by atoms with Crippen molar-refractivity contribution >= 4 is 23.3 Å². The molecule has 0 atom stereocenters. The Hall–Kier alpha value is -3.66. The summed E-state index contributed by atoms with van der Waals surface area (Å²) in [6.07, 6.45) is 4.58. The summed E-state index contributed by atoms with van der Waals surface area (Å²) in [6.45, 7) is 2.28. The lowest BCUT2D eigenvalue weighted by atomic mass is 10.0. The number of fused-ring (bicyclic) bond motifs is 1. The van der Waals surface area contributed by atoms with Crippen LogP contribution in [0.3, 0.4) is 0 Å². The van der Waals surface area contributed by atoms with E-state index in [2.05, 4.69) is 27.0 Å². The Balaban J connectivity index is 1.41. The van der Waals surface area contributed by atoms with Gasteiger partial charge in [0, 0.05) is 24.1 Å². The quantitative estimate of drug-likeness (QED) is 0.344. The van der Waals surface area contributed by atoms with Crippen molar-refractivity contribution in [1.29, 1.82) is 0 Å². The topological polar surface area (TPSA) is 116 Å². The van der Waals surface area contributed by atoms with Gasteiger partial charge in [0.15, 0.2) is 0 Å². The molecule has 10 heteroatoms. The smallest absolute Gasteiger partial charge is 0.293 e. The SMILES string of the molecule is Cc1c(C(=O)C(=O)NC2(C3=CNNN3)CC2)c2n(c1C(=O)Nc1ccc(F)cc1)CCC2. The molecule has 0 saturated heterocycles. The van der Waals surface area contributed by atoms with E-state index in [1.165, 1.54) is 24.3 Å². The Morgan fingerprint density at radius 2 is 1.91 bits per heavy atom. The molecule has 1 fully saturated rings. The molecule has 5 rings (SSSR count). The van der Waals surface area contributed by atoms with Crippen LogP contribution >= 0.6 is 0 Å². The number of carbonyl (C=O) groups excluding carboxylic acids is 3. The molecule has 1 aromatic heterocycles. The van der Waals surface area contributed by atoms with Gasteiger partial charge in [0.2, 0.25) is 0 Å². The minimum atomic E-state index is -0.689. The lowest BCUT2D eigenvalue weighted by Gasteiger charge is -2.18. The summed E-state index contributed by atoms with van der Waals surface area (Å²) in [5.41, 5.74) is 11.0. The molecular formula is C22H23FN6O3. The van der Waals surface area contributed by atoms with Crippen LogP contribution in [0.15, 0.2) is 36.2 Å². The van der Waals surface area contributed by atoms with Crippen LogP contribution in [0.5, 0.6) is 0 Å². The molecule has 2 aromatic rings. The predicted octanol–water partition coefficient (Wildman–Crippen LogP) is 1.42. The van der Waals surface area contributed by atoms with Gasteiger partial charge in [-0.3, -0.25) is 14.4 Å². The molecule has 32 heavy (non-hydrogen) atoms. The van der Waals surface area contributed by atoms with Crippen LogP contribution in [0.1, 0.15) is 51.4 Å². The summed E-state index contributed by atoms with van der Waals surface area (Å²) in [7, 11) is 0. The molecule has 2 aliphatic heterocycles. The number of aromatic nitrogens is 1. The largest absolute Gasteiger partial charge is 0.340 e. The normalized spacial score (nSPS) is 17.6. The Morgan fingerprint density at radius 1 is 1.16 bits per heavy atom. The molecule has 1 aliphatic carbocycles. The van der Waals surface area contributed by atoms with Crippen LogP contribution in [0.4, 0.5) is 10.1 Å². The third-order valence-electron chi connectivity index (χ3n) is 6.26. The highest BCUT2D eigenvalue weighted by molar-refractivity contribution is 6.44. The molecule has 1 aromatic carbocycles. The average Bonchev–Trinajstić information content (AvgIpc) is 3.14. The number of benzene rings is 1. The number of nitrogens with one attached hydrogen (secondary N) is 5. The number of anilines is 1. The lowest BCUT2D eigenvalue weighted by Crippen LogP contribution is -2.46. The van der Waals surface area contributed by atoms with Crippen molar-refractivity contribution in [3.05, 3.63) is 64.5 Å². The number of rotatable bonds is 6. The van der Waals surface area contributed by atoms with Crippen LogP contribution in [0.25, 0.3) is 0 Å². The number of hydrazine groups is 2. The van der Waals surface area contributed by atoms with Gasteiger partial charge in [-0.2, -0.15) is 5.53 Å². The van der Waals surface area contributed by atoms with Crippen molar-refractivity contribution in [2.75, 3.05) is 5.32 Å². The van der Waals surface area contributed by atoms with E-state index in [0.29, 0.717) is 41.2 Å². The average molecular weight is 438 g/mol. The number of hydrogen-bond acceptors (Lipinski definition) is 6. The van der Waals surface area contributed by atoms with Crippen molar-refractivity contribution in [2.24, 2.45) is 0 Å². The number of hydrogen-bond donors (Lipinski definition) is 5. The highest BCUT2D eigenvalue weighted by atomic mass is 19.1. The van der Waals surface area contributed by atoms with E-state index < -0.39 is 29.0 Å². The third kappa shape index (κ3) is 3.32. The highest BCUT2D eigenvalue weighted by Gasteiger charge is 2.50. The fraction of sp³-hybridized carbons (Fsp3) is 0.318. The third-order valence-corrected chi connectivity index (χ3v) is 6.26. The van der Waals surface area contributed by atoms with E-state index in [1.807, 2.05) is 4.57 Å². The second-order valence-corrected chi connectivity index (χ2v) is 8.33. The summed E-state index contributed by atoms with van der Waals surface area (Å²) in [5, 5.41) is 5.62. The number of halogens is 1. The van der Waals surface area contributed by atoms with Gasteiger partial charge in [-0.05, 0) is 62.4 Å². The first-order valence-corrected chi connectivity index (χ1v) is 10.5. The van der Waals surface area contributed by atoms with Gasteiger partial charge >= 0.3 is 0 Å². The first-order valence-electron chi connectivity index (χ1n) is 10.5. The van der Waals surface area contributed by atoms with Crippen LogP contribution in [0, 0.1) is 12.7 Å². The Kier molecular flexibility index (Phi) is 4.74. The summed E-state index contributed by atoms with van der Waals surface area (Å²) < 4.78 is 15.0. The summed E-state index contributed by atoms with van der Waals surface area (Å²) >= 11 is 0. The Morgan fingerprint density at radius 3 is 2.56 bits per heavy atom. The first kappa shape index (κ1) is 20.3. The van der Waals surface area contributed by atoms with E-state index in [0.717, 1.165) is 25.0 Å². The van der Waals surface area contributed by atoms with Gasteiger partial charge in [0.1, 0.15) is 11.5 Å². The van der Waals surface area contributed by atoms with E-state index >= 15 is 0 Å². The fourth-order valence-corrected chi connectivity index (χ4v) is 4.52. The summed E-state index contributed by atoms with van der Waals surface area (Å²) in [4.78, 5) is 39.1. The minimum Gasteiger partial charge on any atom is -0.340 e. The molecule has 1 saturated carbocycles. The fourth-order valence-electron chi connectivity index (χ4n) is 4.52. The summed E-state index contributed by atoms with van der Waals surface area (Å²) in [5.74, 6) is -2.12. The van der Waals surface area contributed by atoms with E-state index in [1.54, 1.807) is 13.1 Å². The van der Waals surface area contributed by atoms with Crippen molar-refractivity contribution in [1.82, 2.24) is 26.3 Å². The Bertz CT molecular complexity index is 1160. The molecule has 5 N–H and O–H groups in total. The molecule has 9 nitrogen and oxygen atoms in total. The number of ketones is 1. The van der Waals surface area contributed by atoms with Gasteiger partial charge < -0.3 is 26.1 Å². The second kappa shape index (κ2) is 7.49. The molecule has 166 valence electrons. The predicted molar refractivity (Wildman–Crippen MR) is 114 cm³/mol. The number of Topliss-reactive ketones (excluding diaryl/α,β-unsaturated/α-hetero) is 1. The monoisotopic (exact) mass is 438 g/mol. The van der Waals surface area contributed by atoms with Crippen LogP contribution in [0.2, 0.25) is 0 Å². The van der Waals surface area contributed by atoms with Crippen molar-refractivity contribution in [2.45, 2.75) is 44.7 Å². The molecule has 2 amide bonds. The molecule has 0 radical (unpaired) electrons. The van der Waals surface area contributed by atoms with Crippen LogP contribution in [-0.2, 0) is 17.8 Å². The maximum atomic E-state index is 13.2. The van der Waals surface area contributed by atoms with E-state index in [4.69, 9.17) is 0 Å². The first-order chi connectivity index (χ1) is 15.4. The number of carbonyl (C=O) groups is 3. The molecule has 0 unspecified atom stereocenters. The van der Waals surface area contributed by atoms with E-state index in [-0.39, 0.29) is 0 Å². The molecular weight excluding hydrogens is 415 g/mol. The number of nitrogens with zero attached hydrogens (tertiary/aromatic N) is 1. The van der Waals surface area contributed by atoms with Crippen LogP contribution in [-0.4, -0.2) is 27.7 Å². The molecule has 3 heterocycles.